The van der Waals surface area contributed by atoms with E-state index in [-0.39, 0.29) is 11.8 Å². The predicted octanol–water partition coefficient (Wildman–Crippen LogP) is 3.83. The number of benzene rings is 2. The van der Waals surface area contributed by atoms with E-state index < -0.39 is 0 Å². The van der Waals surface area contributed by atoms with Gasteiger partial charge in [0.2, 0.25) is 0 Å². The quantitative estimate of drug-likeness (QED) is 0.931. The van der Waals surface area contributed by atoms with E-state index in [0.717, 1.165) is 25.9 Å². The number of hydrogen-bond acceptors (Lipinski definition) is 2. The molecule has 0 aliphatic carbocycles. The maximum absolute atomic E-state index is 12.6. The second kappa shape index (κ2) is 6.84. The van der Waals surface area contributed by atoms with Crippen LogP contribution in [0.15, 0.2) is 48.5 Å². The number of halogens is 1. The molecule has 1 heterocycles. The molecule has 0 atom stereocenters. The van der Waals surface area contributed by atoms with E-state index in [1.165, 1.54) is 0 Å². The van der Waals surface area contributed by atoms with Crippen LogP contribution >= 0.6 is 11.6 Å². The number of carbonyl (C=O) groups excluding carboxylic acids is 2. The number of carbonyl (C=O) groups is 2. The molecular formula is C18H17ClN2O2. The maximum atomic E-state index is 12.6. The van der Waals surface area contributed by atoms with Crippen LogP contribution in [0.5, 0.6) is 0 Å². The lowest BCUT2D eigenvalue weighted by Crippen LogP contribution is -2.28. The highest BCUT2D eigenvalue weighted by Gasteiger charge is 2.22. The molecule has 0 spiro atoms. The Balaban J connectivity index is 1.81. The fourth-order valence-electron chi connectivity index (χ4n) is 2.66. The van der Waals surface area contributed by atoms with Gasteiger partial charge in [-0.25, -0.2) is 0 Å². The van der Waals surface area contributed by atoms with Gasteiger partial charge in [-0.2, -0.15) is 0 Å². The van der Waals surface area contributed by atoms with E-state index >= 15 is 0 Å². The first kappa shape index (κ1) is 15.6. The van der Waals surface area contributed by atoms with E-state index in [0.29, 0.717) is 21.8 Å². The molecule has 1 N–H and O–H groups in total. The molecule has 1 saturated heterocycles. The van der Waals surface area contributed by atoms with E-state index in [9.17, 15) is 9.59 Å². The zero-order chi connectivity index (χ0) is 16.2. The standard InChI is InChI=1S/C18H17ClN2O2/c19-14-9-7-13(8-10-14)17(22)20-16-6-2-1-5-15(16)18(23)21-11-3-4-12-21/h1-2,5-10H,3-4,11-12H2,(H,20,22). The summed E-state index contributed by atoms with van der Waals surface area (Å²) in [5.41, 5.74) is 1.55. The lowest BCUT2D eigenvalue weighted by Gasteiger charge is -2.18. The second-order valence-electron chi connectivity index (χ2n) is 5.51. The summed E-state index contributed by atoms with van der Waals surface area (Å²) in [7, 11) is 0. The van der Waals surface area contributed by atoms with Gasteiger partial charge in [-0.3, -0.25) is 9.59 Å². The third-order valence-electron chi connectivity index (χ3n) is 3.91. The van der Waals surface area contributed by atoms with Crippen LogP contribution in [0.25, 0.3) is 0 Å². The molecule has 3 rings (SSSR count). The zero-order valence-electron chi connectivity index (χ0n) is 12.6. The molecule has 2 aromatic carbocycles. The topological polar surface area (TPSA) is 49.4 Å². The highest BCUT2D eigenvalue weighted by Crippen LogP contribution is 2.21. The van der Waals surface area contributed by atoms with E-state index in [1.807, 2.05) is 4.90 Å². The average molecular weight is 329 g/mol. The second-order valence-corrected chi connectivity index (χ2v) is 5.94. The molecule has 0 unspecified atom stereocenters. The molecular weight excluding hydrogens is 312 g/mol. The summed E-state index contributed by atoms with van der Waals surface area (Å²) in [6, 6.07) is 13.7. The predicted molar refractivity (Wildman–Crippen MR) is 91.0 cm³/mol. The fraction of sp³-hybridized carbons (Fsp3) is 0.222. The summed E-state index contributed by atoms with van der Waals surface area (Å²) < 4.78 is 0. The minimum Gasteiger partial charge on any atom is -0.339 e. The van der Waals surface area contributed by atoms with Gasteiger partial charge in [-0.1, -0.05) is 23.7 Å². The van der Waals surface area contributed by atoms with Crippen LogP contribution in [0, 0.1) is 0 Å². The van der Waals surface area contributed by atoms with Gasteiger partial charge in [0.15, 0.2) is 0 Å². The molecule has 0 aromatic heterocycles. The van der Waals surface area contributed by atoms with E-state index in [4.69, 9.17) is 11.6 Å². The van der Waals surface area contributed by atoms with Gasteiger partial charge in [0.1, 0.15) is 0 Å². The third kappa shape index (κ3) is 3.54. The van der Waals surface area contributed by atoms with Crippen molar-refractivity contribution in [2.45, 2.75) is 12.8 Å². The normalized spacial score (nSPS) is 13.9. The average Bonchev–Trinajstić information content (AvgIpc) is 3.10. The van der Waals surface area contributed by atoms with Crippen molar-refractivity contribution >= 4 is 29.1 Å². The van der Waals surface area contributed by atoms with Crippen LogP contribution in [0.3, 0.4) is 0 Å². The molecule has 4 nitrogen and oxygen atoms in total. The Morgan fingerprint density at radius 2 is 1.61 bits per heavy atom. The Morgan fingerprint density at radius 3 is 2.30 bits per heavy atom. The van der Waals surface area contributed by atoms with Crippen molar-refractivity contribution in [2.24, 2.45) is 0 Å². The Labute approximate surface area is 140 Å². The molecule has 0 bridgehead atoms. The number of amides is 2. The number of anilines is 1. The highest BCUT2D eigenvalue weighted by molar-refractivity contribution is 6.30. The lowest BCUT2D eigenvalue weighted by molar-refractivity contribution is 0.0794. The van der Waals surface area contributed by atoms with Crippen LogP contribution in [0.4, 0.5) is 5.69 Å². The monoisotopic (exact) mass is 328 g/mol. The number of para-hydroxylation sites is 1. The van der Waals surface area contributed by atoms with Gasteiger partial charge >= 0.3 is 0 Å². The minimum absolute atomic E-state index is 0.0329. The van der Waals surface area contributed by atoms with Crippen LogP contribution in [-0.4, -0.2) is 29.8 Å². The van der Waals surface area contributed by atoms with Crippen molar-refractivity contribution in [3.05, 3.63) is 64.7 Å². The van der Waals surface area contributed by atoms with Crippen molar-refractivity contribution in [3.63, 3.8) is 0 Å². The number of nitrogens with one attached hydrogen (secondary N) is 1. The van der Waals surface area contributed by atoms with Gasteiger partial charge in [-0.05, 0) is 49.2 Å². The van der Waals surface area contributed by atoms with Crippen molar-refractivity contribution < 1.29 is 9.59 Å². The van der Waals surface area contributed by atoms with Gasteiger partial charge in [0.25, 0.3) is 11.8 Å². The highest BCUT2D eigenvalue weighted by atomic mass is 35.5. The SMILES string of the molecule is O=C(Nc1ccccc1C(=O)N1CCCC1)c1ccc(Cl)cc1. The first-order valence-corrected chi connectivity index (χ1v) is 7.98. The van der Waals surface area contributed by atoms with Crippen molar-refractivity contribution in [2.75, 3.05) is 18.4 Å². The number of rotatable bonds is 3. The molecule has 0 saturated carbocycles. The molecule has 5 heteroatoms. The number of nitrogens with zero attached hydrogens (tertiary/aromatic N) is 1. The molecule has 23 heavy (non-hydrogen) atoms. The summed E-state index contributed by atoms with van der Waals surface area (Å²) in [6.45, 7) is 1.55. The molecule has 2 amide bonds. The molecule has 1 aliphatic rings. The summed E-state index contributed by atoms with van der Waals surface area (Å²) in [4.78, 5) is 26.8. The zero-order valence-corrected chi connectivity index (χ0v) is 13.3. The maximum Gasteiger partial charge on any atom is 0.255 e. The van der Waals surface area contributed by atoms with Crippen LogP contribution in [0.2, 0.25) is 5.02 Å². The Morgan fingerprint density at radius 1 is 0.957 bits per heavy atom. The van der Waals surface area contributed by atoms with Gasteiger partial charge in [0, 0.05) is 23.7 Å². The van der Waals surface area contributed by atoms with Crippen molar-refractivity contribution in [1.82, 2.24) is 4.90 Å². The lowest BCUT2D eigenvalue weighted by atomic mass is 10.1. The van der Waals surface area contributed by atoms with Crippen LogP contribution in [-0.2, 0) is 0 Å². The number of likely N-dealkylation sites (tertiary alicyclic amines) is 1. The van der Waals surface area contributed by atoms with Crippen molar-refractivity contribution in [1.29, 1.82) is 0 Å². The minimum atomic E-state index is -0.261. The summed E-state index contributed by atoms with van der Waals surface area (Å²) >= 11 is 5.83. The summed E-state index contributed by atoms with van der Waals surface area (Å²) in [5.74, 6) is -0.294. The van der Waals surface area contributed by atoms with Crippen LogP contribution in [0.1, 0.15) is 33.6 Å². The number of hydrogen-bond donors (Lipinski definition) is 1. The Kier molecular flexibility index (Phi) is 4.63. The van der Waals surface area contributed by atoms with Crippen LogP contribution < -0.4 is 5.32 Å². The van der Waals surface area contributed by atoms with Gasteiger partial charge < -0.3 is 10.2 Å². The first-order chi connectivity index (χ1) is 11.1. The molecule has 2 aromatic rings. The smallest absolute Gasteiger partial charge is 0.255 e. The molecule has 1 aliphatic heterocycles. The molecule has 118 valence electrons. The van der Waals surface area contributed by atoms with E-state index in [2.05, 4.69) is 5.32 Å². The Hall–Kier alpha value is -2.33. The first-order valence-electron chi connectivity index (χ1n) is 7.60. The summed E-state index contributed by atoms with van der Waals surface area (Å²) in [5, 5.41) is 3.40. The largest absolute Gasteiger partial charge is 0.339 e. The fourth-order valence-corrected chi connectivity index (χ4v) is 2.79. The third-order valence-corrected chi connectivity index (χ3v) is 4.16. The molecule has 0 radical (unpaired) electrons. The van der Waals surface area contributed by atoms with Gasteiger partial charge in [-0.15, -0.1) is 0 Å². The summed E-state index contributed by atoms with van der Waals surface area (Å²) in [6.07, 6.45) is 2.07. The van der Waals surface area contributed by atoms with E-state index in [1.54, 1.807) is 48.5 Å². The van der Waals surface area contributed by atoms with Crippen molar-refractivity contribution in [3.8, 4) is 0 Å². The Bertz CT molecular complexity index is 722. The van der Waals surface area contributed by atoms with Gasteiger partial charge in [0.05, 0.1) is 11.3 Å². The molecule has 1 fully saturated rings.